The fourth-order valence-electron chi connectivity index (χ4n) is 5.65. The Balaban J connectivity index is 1.53. The number of halogens is 1. The molecule has 1 saturated heterocycles. The Labute approximate surface area is 195 Å². The number of methoxy groups -OCH3 is 1. The number of hydrogen-bond donors (Lipinski definition) is 0. The molecule has 1 amide bonds. The third-order valence-electron chi connectivity index (χ3n) is 7.23. The van der Waals surface area contributed by atoms with Gasteiger partial charge in [0.2, 0.25) is 5.91 Å². The lowest BCUT2D eigenvalue weighted by Gasteiger charge is -2.42. The molecule has 32 heavy (non-hydrogen) atoms. The molecule has 2 aliphatic rings. The molecule has 0 saturated carbocycles. The minimum absolute atomic E-state index is 0.00510. The molecule has 3 atom stereocenters. The second kappa shape index (κ2) is 9.66. The molecular formula is C27H32ClNO3. The standard InChI is InChI=1S/C27H32ClNO3/c1-27(17-19-8-11-21(28)12-9-19)14-5-15-29(18-27)26(31)24(16-25(30)32-2)23-13-10-20-6-3-4-7-22(20)23/h3-4,6-9,11-12,23-24H,5,10,13-18H2,1-2H3/t23-,24-,27-/m0/s1. The van der Waals surface area contributed by atoms with Crippen molar-refractivity contribution in [2.45, 2.75) is 51.4 Å². The lowest BCUT2D eigenvalue weighted by molar-refractivity contribution is -0.149. The number of piperidine rings is 1. The van der Waals surface area contributed by atoms with E-state index in [1.165, 1.54) is 23.8 Å². The Morgan fingerprint density at radius 2 is 1.94 bits per heavy atom. The lowest BCUT2D eigenvalue weighted by Crippen LogP contribution is -2.49. The number of hydrogen-bond acceptors (Lipinski definition) is 3. The molecule has 1 aliphatic heterocycles. The molecule has 4 nitrogen and oxygen atoms in total. The van der Waals surface area contributed by atoms with Crippen LogP contribution in [0.1, 0.15) is 55.2 Å². The highest BCUT2D eigenvalue weighted by Gasteiger charge is 2.41. The zero-order valence-corrected chi connectivity index (χ0v) is 19.7. The van der Waals surface area contributed by atoms with E-state index < -0.39 is 0 Å². The number of aryl methyl sites for hydroxylation is 1. The second-order valence-corrected chi connectivity index (χ2v) is 10.1. The van der Waals surface area contributed by atoms with Crippen LogP contribution in [0.5, 0.6) is 0 Å². The van der Waals surface area contributed by atoms with E-state index in [4.69, 9.17) is 16.3 Å². The summed E-state index contributed by atoms with van der Waals surface area (Å²) in [6.45, 7) is 3.73. The molecule has 170 valence electrons. The first-order valence-corrected chi connectivity index (χ1v) is 11.9. The van der Waals surface area contributed by atoms with Crippen molar-refractivity contribution in [1.29, 1.82) is 0 Å². The van der Waals surface area contributed by atoms with Gasteiger partial charge in [0.05, 0.1) is 19.4 Å². The zero-order chi connectivity index (χ0) is 22.7. The SMILES string of the molecule is COC(=O)C[C@H](C(=O)N1CCC[C@@](C)(Cc2ccc(Cl)cc2)C1)[C@H]1CCc2ccccc21. The Hall–Kier alpha value is -2.33. The molecule has 1 aliphatic carbocycles. The zero-order valence-electron chi connectivity index (χ0n) is 19.0. The molecule has 0 N–H and O–H groups in total. The Morgan fingerprint density at radius 1 is 1.19 bits per heavy atom. The van der Waals surface area contributed by atoms with E-state index in [1.807, 2.05) is 29.2 Å². The molecule has 5 heteroatoms. The number of rotatable bonds is 6. The monoisotopic (exact) mass is 453 g/mol. The van der Waals surface area contributed by atoms with Crippen LogP contribution in [0.25, 0.3) is 0 Å². The Morgan fingerprint density at radius 3 is 2.69 bits per heavy atom. The molecule has 0 aromatic heterocycles. The van der Waals surface area contributed by atoms with E-state index in [0.29, 0.717) is 6.54 Å². The Bertz CT molecular complexity index is 973. The first kappa shape index (κ1) is 22.8. The van der Waals surface area contributed by atoms with Crippen molar-refractivity contribution < 1.29 is 14.3 Å². The summed E-state index contributed by atoms with van der Waals surface area (Å²) in [4.78, 5) is 28.1. The molecule has 0 spiro atoms. The largest absolute Gasteiger partial charge is 0.469 e. The van der Waals surface area contributed by atoms with Crippen molar-refractivity contribution in [3.8, 4) is 0 Å². The van der Waals surface area contributed by atoms with Crippen LogP contribution >= 0.6 is 11.6 Å². The molecule has 2 aromatic carbocycles. The molecule has 0 radical (unpaired) electrons. The topological polar surface area (TPSA) is 46.6 Å². The highest BCUT2D eigenvalue weighted by Crippen LogP contribution is 2.42. The van der Waals surface area contributed by atoms with Gasteiger partial charge in [-0.15, -0.1) is 0 Å². The van der Waals surface area contributed by atoms with E-state index in [9.17, 15) is 9.59 Å². The average molecular weight is 454 g/mol. The molecule has 1 heterocycles. The number of nitrogens with zero attached hydrogens (tertiary/aromatic N) is 1. The number of carbonyl (C=O) groups is 2. The van der Waals surface area contributed by atoms with Gasteiger partial charge in [0, 0.05) is 18.1 Å². The maximum Gasteiger partial charge on any atom is 0.306 e. The van der Waals surface area contributed by atoms with Gasteiger partial charge in [-0.2, -0.15) is 0 Å². The summed E-state index contributed by atoms with van der Waals surface area (Å²) in [5.74, 6) is -0.515. The number of benzene rings is 2. The summed E-state index contributed by atoms with van der Waals surface area (Å²) < 4.78 is 4.97. The van der Waals surface area contributed by atoms with Gasteiger partial charge in [0.1, 0.15) is 0 Å². The van der Waals surface area contributed by atoms with Crippen molar-refractivity contribution >= 4 is 23.5 Å². The first-order valence-electron chi connectivity index (χ1n) is 11.6. The van der Waals surface area contributed by atoms with Crippen LogP contribution < -0.4 is 0 Å². The van der Waals surface area contributed by atoms with Crippen LogP contribution in [0.4, 0.5) is 0 Å². The number of fused-ring (bicyclic) bond motifs is 1. The second-order valence-electron chi connectivity index (χ2n) is 9.71. The number of carbonyl (C=O) groups excluding carboxylic acids is 2. The fourth-order valence-corrected chi connectivity index (χ4v) is 5.78. The van der Waals surface area contributed by atoms with Gasteiger partial charge in [-0.25, -0.2) is 0 Å². The highest BCUT2D eigenvalue weighted by atomic mass is 35.5. The van der Waals surface area contributed by atoms with Crippen molar-refractivity contribution in [3.05, 3.63) is 70.2 Å². The first-order chi connectivity index (χ1) is 15.4. The van der Waals surface area contributed by atoms with Crippen LogP contribution in [0, 0.1) is 11.3 Å². The molecule has 0 unspecified atom stereocenters. The maximum absolute atomic E-state index is 13.8. The molecule has 0 bridgehead atoms. The van der Waals surface area contributed by atoms with Crippen molar-refractivity contribution in [3.63, 3.8) is 0 Å². The number of ether oxygens (including phenoxy) is 1. The van der Waals surface area contributed by atoms with Gasteiger partial charge in [0.15, 0.2) is 0 Å². The van der Waals surface area contributed by atoms with E-state index in [1.54, 1.807) is 0 Å². The van der Waals surface area contributed by atoms with E-state index >= 15 is 0 Å². The van der Waals surface area contributed by atoms with E-state index in [2.05, 4.69) is 31.2 Å². The molecule has 2 aromatic rings. The summed E-state index contributed by atoms with van der Waals surface area (Å²) in [5, 5.41) is 0.738. The smallest absolute Gasteiger partial charge is 0.306 e. The van der Waals surface area contributed by atoms with Gasteiger partial charge in [-0.1, -0.05) is 54.9 Å². The minimum Gasteiger partial charge on any atom is -0.469 e. The molecule has 1 fully saturated rings. The van der Waals surface area contributed by atoms with Crippen LogP contribution in [-0.4, -0.2) is 37.0 Å². The molecule has 4 rings (SSSR count). The van der Waals surface area contributed by atoms with Crippen LogP contribution in [0.2, 0.25) is 5.02 Å². The van der Waals surface area contributed by atoms with Gasteiger partial charge in [-0.3, -0.25) is 9.59 Å². The predicted molar refractivity (Wildman–Crippen MR) is 127 cm³/mol. The quantitative estimate of drug-likeness (QED) is 0.548. The fraction of sp³-hybridized carbons (Fsp3) is 0.481. The van der Waals surface area contributed by atoms with Crippen LogP contribution in [0.3, 0.4) is 0 Å². The third-order valence-corrected chi connectivity index (χ3v) is 7.49. The van der Waals surface area contributed by atoms with Gasteiger partial charge in [-0.05, 0) is 72.3 Å². The lowest BCUT2D eigenvalue weighted by atomic mass is 9.76. The summed E-state index contributed by atoms with van der Waals surface area (Å²) in [6, 6.07) is 16.3. The number of likely N-dealkylation sites (tertiary alicyclic amines) is 1. The van der Waals surface area contributed by atoms with Gasteiger partial charge >= 0.3 is 5.97 Å². The average Bonchev–Trinajstić information content (AvgIpc) is 3.22. The van der Waals surface area contributed by atoms with Crippen LogP contribution in [-0.2, 0) is 27.2 Å². The van der Waals surface area contributed by atoms with Crippen LogP contribution in [0.15, 0.2) is 48.5 Å². The Kier molecular flexibility index (Phi) is 6.90. The van der Waals surface area contributed by atoms with Crippen molar-refractivity contribution in [2.75, 3.05) is 20.2 Å². The normalized spacial score (nSPS) is 23.5. The van der Waals surface area contributed by atoms with Crippen molar-refractivity contribution in [2.24, 2.45) is 11.3 Å². The highest BCUT2D eigenvalue weighted by molar-refractivity contribution is 6.30. The minimum atomic E-state index is -0.371. The summed E-state index contributed by atoms with van der Waals surface area (Å²) in [5.41, 5.74) is 3.76. The predicted octanol–water partition coefficient (Wildman–Crippen LogP) is 5.42. The van der Waals surface area contributed by atoms with Gasteiger partial charge < -0.3 is 9.64 Å². The maximum atomic E-state index is 13.8. The summed E-state index contributed by atoms with van der Waals surface area (Å²) >= 11 is 6.05. The van der Waals surface area contributed by atoms with Gasteiger partial charge in [0.25, 0.3) is 0 Å². The summed E-state index contributed by atoms with van der Waals surface area (Å²) in [7, 11) is 1.40. The molecular weight excluding hydrogens is 422 g/mol. The van der Waals surface area contributed by atoms with E-state index in [-0.39, 0.29) is 35.5 Å². The third kappa shape index (κ3) is 5.01. The number of amides is 1. The van der Waals surface area contributed by atoms with E-state index in [0.717, 1.165) is 43.7 Å². The number of esters is 1. The summed E-state index contributed by atoms with van der Waals surface area (Å²) in [6.07, 6.45) is 4.96. The van der Waals surface area contributed by atoms with Crippen molar-refractivity contribution in [1.82, 2.24) is 4.90 Å².